The van der Waals surface area contributed by atoms with Gasteiger partial charge >= 0.3 is 0 Å². The maximum atomic E-state index is 13.3. The SMILES string of the molecule is CNCCN(C)C.Cc1cc(NC(=O)C(O)c2cc(F)cc(F)c2)ccc1-c1cnc(N)c(C=O)c1. The summed E-state index contributed by atoms with van der Waals surface area (Å²) in [6.07, 6.45) is 0.411. The number of nitrogens with one attached hydrogen (secondary N) is 2. The van der Waals surface area contributed by atoms with E-state index in [0.29, 0.717) is 23.6 Å². The molecule has 8 nitrogen and oxygen atoms in total. The Bertz CT molecular complexity index is 1180. The number of carbonyl (C=O) groups excluding carboxylic acids is 2. The number of hydrogen-bond donors (Lipinski definition) is 4. The highest BCUT2D eigenvalue weighted by Gasteiger charge is 2.19. The van der Waals surface area contributed by atoms with Crippen molar-refractivity contribution in [3.8, 4) is 11.1 Å². The normalized spacial score (nSPS) is 11.4. The van der Waals surface area contributed by atoms with Gasteiger partial charge in [-0.3, -0.25) is 9.59 Å². The molecule has 0 aliphatic carbocycles. The highest BCUT2D eigenvalue weighted by Crippen LogP contribution is 2.28. The third-order valence-electron chi connectivity index (χ3n) is 5.14. The van der Waals surface area contributed by atoms with Gasteiger partial charge in [0.2, 0.25) is 0 Å². The summed E-state index contributed by atoms with van der Waals surface area (Å²) in [7, 11) is 6.10. The topological polar surface area (TPSA) is 121 Å². The van der Waals surface area contributed by atoms with Gasteiger partial charge in [-0.15, -0.1) is 0 Å². The van der Waals surface area contributed by atoms with Gasteiger partial charge in [-0.05, 0) is 75.1 Å². The van der Waals surface area contributed by atoms with Gasteiger partial charge in [-0.1, -0.05) is 6.07 Å². The second kappa shape index (κ2) is 13.4. The third kappa shape index (κ3) is 8.19. The van der Waals surface area contributed by atoms with Crippen LogP contribution in [0.3, 0.4) is 0 Å². The van der Waals surface area contributed by atoms with E-state index in [2.05, 4.69) is 34.6 Å². The minimum atomic E-state index is -1.74. The van der Waals surface area contributed by atoms with E-state index >= 15 is 0 Å². The highest BCUT2D eigenvalue weighted by atomic mass is 19.1. The van der Waals surface area contributed by atoms with Gasteiger partial charge in [0.1, 0.15) is 17.5 Å². The predicted octanol–water partition coefficient (Wildman–Crippen LogP) is 3.17. The zero-order valence-corrected chi connectivity index (χ0v) is 20.7. The number of pyridine rings is 1. The fourth-order valence-corrected chi connectivity index (χ4v) is 3.23. The molecule has 0 radical (unpaired) electrons. The Morgan fingerprint density at radius 3 is 2.36 bits per heavy atom. The Balaban J connectivity index is 0.000000572. The molecule has 192 valence electrons. The summed E-state index contributed by atoms with van der Waals surface area (Å²) in [5, 5.41) is 15.6. The number of benzene rings is 2. The van der Waals surface area contributed by atoms with Crippen LogP contribution in [0.1, 0.15) is 27.6 Å². The molecule has 0 saturated carbocycles. The number of halogens is 2. The monoisotopic (exact) mass is 499 g/mol. The number of aliphatic hydroxyl groups is 1. The lowest BCUT2D eigenvalue weighted by Gasteiger charge is -2.14. The van der Waals surface area contributed by atoms with Crippen molar-refractivity contribution >= 4 is 23.7 Å². The Labute approximate surface area is 209 Å². The standard InChI is InChI=1S/C21H17F2N3O3.C5H14N2/c1-11-4-17(2-3-18(11)13-5-14(10-27)20(24)25-9-13)26-21(29)19(28)12-6-15(22)8-16(23)7-12;1-6-4-5-7(2)3/h2-10,19,28H,1H3,(H2,24,25)(H,26,29);6H,4-5H2,1-3H3. The molecule has 0 bridgehead atoms. The molecule has 36 heavy (non-hydrogen) atoms. The van der Waals surface area contributed by atoms with E-state index in [-0.39, 0.29) is 16.9 Å². The van der Waals surface area contributed by atoms with E-state index in [0.717, 1.165) is 36.3 Å². The number of nitrogens with zero attached hydrogens (tertiary/aromatic N) is 2. The van der Waals surface area contributed by atoms with E-state index in [9.17, 15) is 23.5 Å². The fourth-order valence-electron chi connectivity index (χ4n) is 3.23. The van der Waals surface area contributed by atoms with Crippen molar-refractivity contribution < 1.29 is 23.5 Å². The first-order chi connectivity index (χ1) is 17.0. The molecule has 1 amide bonds. The molecule has 1 heterocycles. The van der Waals surface area contributed by atoms with Crippen molar-refractivity contribution in [1.29, 1.82) is 0 Å². The predicted molar refractivity (Wildman–Crippen MR) is 137 cm³/mol. The van der Waals surface area contributed by atoms with Gasteiger partial charge in [-0.25, -0.2) is 13.8 Å². The van der Waals surface area contributed by atoms with Gasteiger partial charge in [-0.2, -0.15) is 0 Å². The van der Waals surface area contributed by atoms with E-state index in [4.69, 9.17) is 5.73 Å². The molecule has 3 aromatic rings. The molecular formula is C26H31F2N5O3. The molecule has 0 aliphatic rings. The average Bonchev–Trinajstić information content (AvgIpc) is 2.82. The van der Waals surface area contributed by atoms with Crippen LogP contribution in [0.25, 0.3) is 11.1 Å². The van der Waals surface area contributed by atoms with Crippen molar-refractivity contribution in [2.45, 2.75) is 13.0 Å². The number of rotatable bonds is 8. The first-order valence-corrected chi connectivity index (χ1v) is 11.1. The van der Waals surface area contributed by atoms with Crippen LogP contribution in [0.15, 0.2) is 48.7 Å². The molecule has 0 aliphatic heterocycles. The zero-order chi connectivity index (χ0) is 26.8. The van der Waals surface area contributed by atoms with Crippen molar-refractivity contribution in [1.82, 2.24) is 15.2 Å². The van der Waals surface area contributed by atoms with Gasteiger partial charge in [0.25, 0.3) is 5.91 Å². The number of hydrogen-bond acceptors (Lipinski definition) is 7. The molecule has 0 saturated heterocycles. The Kier molecular flexibility index (Phi) is 10.6. The summed E-state index contributed by atoms with van der Waals surface area (Å²) in [4.78, 5) is 29.5. The highest BCUT2D eigenvalue weighted by molar-refractivity contribution is 5.95. The molecular weight excluding hydrogens is 468 g/mol. The first kappa shape index (κ1) is 28.5. The molecule has 1 atom stereocenters. The van der Waals surface area contributed by atoms with Crippen molar-refractivity contribution in [2.24, 2.45) is 0 Å². The van der Waals surface area contributed by atoms with Crippen LogP contribution in [-0.2, 0) is 4.79 Å². The second-order valence-corrected chi connectivity index (χ2v) is 8.35. The fraction of sp³-hybridized carbons (Fsp3) is 0.269. The minimum absolute atomic E-state index is 0.132. The van der Waals surface area contributed by atoms with Crippen molar-refractivity contribution in [3.05, 3.63) is 77.0 Å². The molecule has 10 heteroatoms. The smallest absolute Gasteiger partial charge is 0.257 e. The van der Waals surface area contributed by atoms with E-state index in [1.165, 1.54) is 6.20 Å². The molecule has 1 aromatic heterocycles. The van der Waals surface area contributed by atoms with Crippen LogP contribution in [0, 0.1) is 18.6 Å². The van der Waals surface area contributed by atoms with Crippen LogP contribution in [-0.4, -0.2) is 61.4 Å². The Morgan fingerprint density at radius 2 is 1.83 bits per heavy atom. The van der Waals surface area contributed by atoms with E-state index in [1.54, 1.807) is 31.2 Å². The average molecular weight is 500 g/mol. The number of aliphatic hydroxyl groups excluding tert-OH is 1. The third-order valence-corrected chi connectivity index (χ3v) is 5.14. The zero-order valence-electron chi connectivity index (χ0n) is 20.7. The number of anilines is 2. The quantitative estimate of drug-likeness (QED) is 0.351. The van der Waals surface area contributed by atoms with Crippen molar-refractivity contribution in [2.75, 3.05) is 45.3 Å². The lowest BCUT2D eigenvalue weighted by Crippen LogP contribution is -2.23. The molecule has 0 spiro atoms. The maximum Gasteiger partial charge on any atom is 0.257 e. The van der Waals surface area contributed by atoms with Crippen LogP contribution in [0.5, 0.6) is 0 Å². The number of nitrogen functional groups attached to an aromatic ring is 1. The van der Waals surface area contributed by atoms with E-state index < -0.39 is 23.6 Å². The summed E-state index contributed by atoms with van der Waals surface area (Å²) < 4.78 is 26.6. The van der Waals surface area contributed by atoms with Gasteiger partial charge in [0.15, 0.2) is 12.4 Å². The molecule has 2 aromatic carbocycles. The number of nitrogens with two attached hydrogens (primary N) is 1. The Hall–Kier alpha value is -3.73. The van der Waals surface area contributed by atoms with Crippen molar-refractivity contribution in [3.63, 3.8) is 0 Å². The minimum Gasteiger partial charge on any atom is -0.383 e. The van der Waals surface area contributed by atoms with Crippen LogP contribution < -0.4 is 16.4 Å². The summed E-state index contributed by atoms with van der Waals surface area (Å²) >= 11 is 0. The maximum absolute atomic E-state index is 13.3. The molecule has 5 N–H and O–H groups in total. The largest absolute Gasteiger partial charge is 0.383 e. The molecule has 3 rings (SSSR count). The lowest BCUT2D eigenvalue weighted by molar-refractivity contribution is -0.124. The summed E-state index contributed by atoms with van der Waals surface area (Å²) in [6.45, 7) is 3.99. The number of aldehydes is 1. The Morgan fingerprint density at radius 1 is 1.17 bits per heavy atom. The summed E-state index contributed by atoms with van der Waals surface area (Å²) in [6, 6.07) is 9.00. The number of aromatic nitrogens is 1. The van der Waals surface area contributed by atoms with Gasteiger partial charge in [0.05, 0.1) is 5.56 Å². The van der Waals surface area contributed by atoms with Gasteiger partial charge < -0.3 is 26.4 Å². The summed E-state index contributed by atoms with van der Waals surface area (Å²) in [5.41, 5.74) is 8.29. The lowest BCUT2D eigenvalue weighted by atomic mass is 10.00. The number of carbonyl (C=O) groups is 2. The van der Waals surface area contributed by atoms with Gasteiger partial charge in [0, 0.05) is 36.6 Å². The number of amides is 1. The number of aryl methyl sites for hydroxylation is 1. The molecule has 0 fully saturated rings. The van der Waals surface area contributed by atoms with E-state index in [1.807, 2.05) is 7.05 Å². The first-order valence-electron chi connectivity index (χ1n) is 11.1. The van der Waals surface area contributed by atoms with Crippen LogP contribution in [0.2, 0.25) is 0 Å². The second-order valence-electron chi connectivity index (χ2n) is 8.35. The number of likely N-dealkylation sites (N-methyl/N-ethyl adjacent to an activating group) is 2. The summed E-state index contributed by atoms with van der Waals surface area (Å²) in [5.74, 6) is -2.48. The van der Waals surface area contributed by atoms with Crippen LogP contribution >= 0.6 is 0 Å². The van der Waals surface area contributed by atoms with Crippen LogP contribution in [0.4, 0.5) is 20.3 Å². The molecule has 1 unspecified atom stereocenters.